The zero-order valence-electron chi connectivity index (χ0n) is 21.3. The van der Waals surface area contributed by atoms with E-state index in [2.05, 4.69) is 25.2 Å². The van der Waals surface area contributed by atoms with Crippen LogP contribution in [0.4, 0.5) is 22.7 Å². The van der Waals surface area contributed by atoms with Gasteiger partial charge in [0.2, 0.25) is 15.9 Å². The summed E-state index contributed by atoms with van der Waals surface area (Å²) in [5, 5.41) is 15.0. The van der Waals surface area contributed by atoms with Gasteiger partial charge in [0.05, 0.1) is 35.3 Å². The van der Waals surface area contributed by atoms with Crippen molar-refractivity contribution in [3.63, 3.8) is 0 Å². The van der Waals surface area contributed by atoms with Crippen molar-refractivity contribution in [3.8, 4) is 0 Å². The Hall–Kier alpha value is -3.18. The third kappa shape index (κ3) is 4.51. The number of hydrogen-bond donors (Lipinski definition) is 4. The number of carbonyl (C=O) groups is 2. The number of aliphatic hydroxyl groups excluding tert-OH is 1. The van der Waals surface area contributed by atoms with Gasteiger partial charge in [-0.05, 0) is 73.8 Å². The van der Waals surface area contributed by atoms with Crippen molar-refractivity contribution in [2.75, 3.05) is 45.7 Å². The molecule has 11 heteroatoms. The minimum atomic E-state index is -3.74. The summed E-state index contributed by atoms with van der Waals surface area (Å²) in [4.78, 5) is 32.8. The molecule has 202 valence electrons. The Morgan fingerprint density at radius 2 is 1.79 bits per heavy atom. The largest absolute Gasteiger partial charge is 0.395 e. The monoisotopic (exact) mass is 539 g/mol. The van der Waals surface area contributed by atoms with Gasteiger partial charge in [-0.2, -0.15) is 0 Å². The molecule has 3 fully saturated rings. The number of nitrogens with one attached hydrogen (secondary N) is 3. The minimum Gasteiger partial charge on any atom is -0.395 e. The molecular weight excluding hydrogens is 506 g/mol. The fourth-order valence-electron chi connectivity index (χ4n) is 6.33. The molecule has 0 radical (unpaired) electrons. The van der Waals surface area contributed by atoms with Gasteiger partial charge in [0.15, 0.2) is 5.69 Å². The van der Waals surface area contributed by atoms with E-state index in [0.29, 0.717) is 16.8 Å². The lowest BCUT2D eigenvalue weighted by Crippen LogP contribution is -2.36. The number of carbonyl (C=O) groups excluding carboxylic acids is 2. The number of amides is 2. The van der Waals surface area contributed by atoms with Crippen molar-refractivity contribution in [1.29, 1.82) is 0 Å². The molecular formula is C27H33N5O5S. The molecule has 6 rings (SSSR count). The van der Waals surface area contributed by atoms with E-state index in [1.165, 1.54) is 19.0 Å². The highest BCUT2D eigenvalue weighted by Gasteiger charge is 2.48. The molecule has 2 aromatic rings. The number of rotatable bonds is 7. The van der Waals surface area contributed by atoms with Crippen molar-refractivity contribution < 1.29 is 23.1 Å². The number of sulfonamides is 1. The van der Waals surface area contributed by atoms with E-state index in [1.807, 2.05) is 12.1 Å². The number of pyridine rings is 1. The first kappa shape index (κ1) is 25.1. The maximum Gasteiger partial charge on any atom is 0.276 e. The van der Waals surface area contributed by atoms with Crippen molar-refractivity contribution in [2.45, 2.75) is 56.8 Å². The molecule has 4 aliphatic rings. The minimum absolute atomic E-state index is 0.0372. The maximum atomic E-state index is 13.5. The summed E-state index contributed by atoms with van der Waals surface area (Å²) in [5.41, 5.74) is 3.29. The summed E-state index contributed by atoms with van der Waals surface area (Å²) >= 11 is 0. The summed E-state index contributed by atoms with van der Waals surface area (Å²) in [6.45, 7) is 1.04. The Morgan fingerprint density at radius 3 is 2.47 bits per heavy atom. The second-order valence-electron chi connectivity index (χ2n) is 11.2. The van der Waals surface area contributed by atoms with Gasteiger partial charge >= 0.3 is 0 Å². The number of hydrogen-bond acceptors (Lipinski definition) is 7. The van der Waals surface area contributed by atoms with Crippen molar-refractivity contribution >= 4 is 44.6 Å². The highest BCUT2D eigenvalue weighted by Crippen LogP contribution is 2.54. The van der Waals surface area contributed by atoms with Gasteiger partial charge in [-0.25, -0.2) is 13.4 Å². The molecule has 0 bridgehead atoms. The third-order valence-corrected chi connectivity index (χ3v) is 10.0. The SMILES string of the molecule is O=C(Nc1ccc2c(c1)C1(CCCC1)C(=O)N2)c1ncc(NS(=O)(=O)CCO)cc1N1CCC2(CC1)CC2. The van der Waals surface area contributed by atoms with E-state index in [1.54, 1.807) is 12.1 Å². The summed E-state index contributed by atoms with van der Waals surface area (Å²) < 4.78 is 26.9. The standard InChI is InChI=1S/C27H33N5O5S/c33-13-14-38(36,37)31-19-16-22(32-11-9-26(7-8-26)10-12-32)23(28-17-19)24(34)29-18-3-4-21-20(15-18)27(25(35)30-21)5-1-2-6-27/h3-4,15-17,31,33H,1-2,5-14H2,(H,29,34)(H,30,35). The number of benzene rings is 1. The average molecular weight is 540 g/mol. The van der Waals surface area contributed by atoms with Gasteiger partial charge in [0, 0.05) is 24.5 Å². The van der Waals surface area contributed by atoms with Gasteiger partial charge in [-0.3, -0.25) is 14.3 Å². The van der Waals surface area contributed by atoms with Gasteiger partial charge in [-0.15, -0.1) is 0 Å². The molecule has 1 aromatic carbocycles. The summed E-state index contributed by atoms with van der Waals surface area (Å²) in [7, 11) is -3.74. The molecule has 2 aliphatic heterocycles. The first-order valence-electron chi connectivity index (χ1n) is 13.4. The van der Waals surface area contributed by atoms with Gasteiger partial charge < -0.3 is 20.6 Å². The van der Waals surface area contributed by atoms with Gasteiger partial charge in [-0.1, -0.05) is 12.8 Å². The normalized spacial score (nSPS) is 20.9. The van der Waals surface area contributed by atoms with Crippen molar-refractivity contribution in [2.24, 2.45) is 5.41 Å². The Morgan fingerprint density at radius 1 is 1.05 bits per heavy atom. The quantitative estimate of drug-likeness (QED) is 0.423. The van der Waals surface area contributed by atoms with E-state index >= 15 is 0 Å². The number of anilines is 4. The molecule has 3 heterocycles. The highest BCUT2D eigenvalue weighted by molar-refractivity contribution is 7.92. The molecule has 2 aliphatic carbocycles. The van der Waals surface area contributed by atoms with Crippen molar-refractivity contribution in [1.82, 2.24) is 4.98 Å². The Bertz CT molecular complexity index is 1390. The fraction of sp³-hybridized carbons (Fsp3) is 0.519. The number of piperidine rings is 1. The fourth-order valence-corrected chi connectivity index (χ4v) is 7.14. The van der Waals surface area contributed by atoms with Crippen LogP contribution in [0, 0.1) is 5.41 Å². The molecule has 0 unspecified atom stereocenters. The Kier molecular flexibility index (Phi) is 6.10. The number of nitrogens with zero attached hydrogens (tertiary/aromatic N) is 2. The van der Waals surface area contributed by atoms with Crippen LogP contribution in [0.15, 0.2) is 30.5 Å². The maximum absolute atomic E-state index is 13.5. The van der Waals surface area contributed by atoms with Crippen LogP contribution in [-0.4, -0.2) is 55.8 Å². The highest BCUT2D eigenvalue weighted by atomic mass is 32.2. The smallest absolute Gasteiger partial charge is 0.276 e. The number of aliphatic hydroxyl groups is 1. The van der Waals surface area contributed by atoms with E-state index in [9.17, 15) is 18.0 Å². The van der Waals surface area contributed by atoms with Crippen LogP contribution in [0.5, 0.6) is 0 Å². The van der Waals surface area contributed by atoms with Crippen LogP contribution in [0.25, 0.3) is 0 Å². The molecule has 1 aromatic heterocycles. The molecule has 1 saturated heterocycles. The molecule has 2 amide bonds. The van der Waals surface area contributed by atoms with Crippen LogP contribution in [0.1, 0.15) is 67.4 Å². The molecule has 38 heavy (non-hydrogen) atoms. The zero-order chi connectivity index (χ0) is 26.5. The topological polar surface area (TPSA) is 141 Å². The van der Waals surface area contributed by atoms with E-state index in [-0.39, 0.29) is 17.3 Å². The molecule has 10 nitrogen and oxygen atoms in total. The first-order valence-corrected chi connectivity index (χ1v) is 15.0. The Balaban J connectivity index is 1.28. The molecule has 2 saturated carbocycles. The van der Waals surface area contributed by atoms with E-state index < -0.39 is 33.7 Å². The summed E-state index contributed by atoms with van der Waals surface area (Å²) in [6, 6.07) is 7.16. The molecule has 4 N–H and O–H groups in total. The number of fused-ring (bicyclic) bond motifs is 2. The molecule has 2 spiro atoms. The van der Waals surface area contributed by atoms with E-state index in [4.69, 9.17) is 5.11 Å². The van der Waals surface area contributed by atoms with E-state index in [0.717, 1.165) is 62.9 Å². The average Bonchev–Trinajstić information content (AvgIpc) is 3.34. The van der Waals surface area contributed by atoms with Crippen molar-refractivity contribution in [3.05, 3.63) is 41.7 Å². The first-order chi connectivity index (χ1) is 18.2. The lowest BCUT2D eigenvalue weighted by molar-refractivity contribution is -0.120. The van der Waals surface area contributed by atoms with Crippen LogP contribution in [-0.2, 0) is 20.2 Å². The van der Waals surface area contributed by atoms with Crippen LogP contribution in [0.2, 0.25) is 0 Å². The summed E-state index contributed by atoms with van der Waals surface area (Å²) in [5.74, 6) is -0.780. The summed E-state index contributed by atoms with van der Waals surface area (Å²) in [6.07, 6.45) is 9.49. The van der Waals surface area contributed by atoms with Gasteiger partial charge in [0.1, 0.15) is 0 Å². The predicted octanol–water partition coefficient (Wildman–Crippen LogP) is 3.21. The lowest BCUT2D eigenvalue weighted by atomic mass is 9.80. The predicted molar refractivity (Wildman–Crippen MR) is 145 cm³/mol. The third-order valence-electron chi connectivity index (χ3n) is 8.77. The zero-order valence-corrected chi connectivity index (χ0v) is 22.1. The van der Waals surface area contributed by atoms with Crippen LogP contribution in [0.3, 0.4) is 0 Å². The van der Waals surface area contributed by atoms with Gasteiger partial charge in [0.25, 0.3) is 5.91 Å². The Labute approximate surface area is 222 Å². The second-order valence-corrected chi connectivity index (χ2v) is 13.0. The molecule has 0 atom stereocenters. The lowest BCUT2D eigenvalue weighted by Gasteiger charge is -2.34. The number of aromatic nitrogens is 1. The van der Waals surface area contributed by atoms with Crippen LogP contribution >= 0.6 is 0 Å². The second kappa shape index (κ2) is 9.23. The van der Waals surface area contributed by atoms with Crippen LogP contribution < -0.4 is 20.3 Å².